The molecule has 0 aliphatic carbocycles. The van der Waals surface area contributed by atoms with Gasteiger partial charge in [0.2, 0.25) is 5.75 Å². The van der Waals surface area contributed by atoms with Gasteiger partial charge in [-0.25, -0.2) is 4.79 Å². The molecule has 1 aromatic carbocycles. The Morgan fingerprint density at radius 2 is 1.58 bits per heavy atom. The molecule has 0 atom stereocenters. The maximum Gasteiger partial charge on any atom is 0.341 e. The van der Waals surface area contributed by atoms with Gasteiger partial charge in [-0.15, -0.1) is 0 Å². The van der Waals surface area contributed by atoms with Gasteiger partial charge in [0, 0.05) is 6.61 Å². The third-order valence-corrected chi connectivity index (χ3v) is 3.41. The molecule has 0 saturated carbocycles. The van der Waals surface area contributed by atoms with E-state index in [0.717, 1.165) is 6.42 Å². The fourth-order valence-electron chi connectivity index (χ4n) is 2.17. The van der Waals surface area contributed by atoms with Gasteiger partial charge in [0.05, 0.1) is 27.9 Å². The summed E-state index contributed by atoms with van der Waals surface area (Å²) in [5.74, 6) is 0.154. The highest BCUT2D eigenvalue weighted by Crippen LogP contribution is 2.38. The van der Waals surface area contributed by atoms with Gasteiger partial charge in [-0.2, -0.15) is 0 Å². The molecular formula is C19H26O7. The third kappa shape index (κ3) is 6.07. The summed E-state index contributed by atoms with van der Waals surface area (Å²) >= 11 is 0. The Balaban J connectivity index is 3.04. The van der Waals surface area contributed by atoms with E-state index in [1.165, 1.54) is 34.3 Å². The smallest absolute Gasteiger partial charge is 0.341 e. The highest BCUT2D eigenvalue weighted by Gasteiger charge is 2.18. The van der Waals surface area contributed by atoms with Crippen LogP contribution in [0, 0.1) is 0 Å². The zero-order valence-corrected chi connectivity index (χ0v) is 15.9. The first-order valence-corrected chi connectivity index (χ1v) is 8.25. The van der Waals surface area contributed by atoms with E-state index in [9.17, 15) is 9.59 Å². The van der Waals surface area contributed by atoms with Gasteiger partial charge in [0.25, 0.3) is 0 Å². The summed E-state index contributed by atoms with van der Waals surface area (Å²) in [6.07, 6.45) is 2.32. The first kappa shape index (κ1) is 21.5. The highest BCUT2D eigenvalue weighted by molar-refractivity contribution is 6.19. The van der Waals surface area contributed by atoms with Crippen LogP contribution in [0.4, 0.5) is 0 Å². The van der Waals surface area contributed by atoms with Crippen LogP contribution < -0.4 is 14.2 Å². The van der Waals surface area contributed by atoms with Crippen molar-refractivity contribution in [1.82, 2.24) is 0 Å². The number of ether oxygens (including phenoxy) is 5. The minimum Gasteiger partial charge on any atom is -0.493 e. The fraction of sp³-hybridized carbons (Fsp3) is 0.474. The van der Waals surface area contributed by atoms with E-state index in [0.29, 0.717) is 29.4 Å². The molecule has 0 radical (unpaired) electrons. The van der Waals surface area contributed by atoms with Crippen molar-refractivity contribution in [2.75, 3.05) is 41.2 Å². The molecule has 0 aromatic heterocycles. The molecular weight excluding hydrogens is 340 g/mol. The highest BCUT2D eigenvalue weighted by atomic mass is 16.6. The first-order valence-electron chi connectivity index (χ1n) is 8.25. The lowest BCUT2D eigenvalue weighted by atomic mass is 10.1. The van der Waals surface area contributed by atoms with Crippen molar-refractivity contribution in [3.05, 3.63) is 23.3 Å². The van der Waals surface area contributed by atoms with E-state index >= 15 is 0 Å². The summed E-state index contributed by atoms with van der Waals surface area (Å²) in [7, 11) is 4.47. The molecule has 1 aromatic rings. The van der Waals surface area contributed by atoms with E-state index in [1.54, 1.807) is 12.1 Å². The van der Waals surface area contributed by atoms with Crippen LogP contribution in [0.3, 0.4) is 0 Å². The molecule has 26 heavy (non-hydrogen) atoms. The number of hydrogen-bond donors (Lipinski definition) is 0. The summed E-state index contributed by atoms with van der Waals surface area (Å²) in [4.78, 5) is 24.1. The van der Waals surface area contributed by atoms with Crippen molar-refractivity contribution in [3.8, 4) is 17.2 Å². The van der Waals surface area contributed by atoms with Crippen LogP contribution >= 0.6 is 0 Å². The number of hydrogen-bond acceptors (Lipinski definition) is 7. The maximum atomic E-state index is 12.2. The maximum absolute atomic E-state index is 12.2. The molecule has 0 spiro atoms. The van der Waals surface area contributed by atoms with Crippen molar-refractivity contribution in [2.24, 2.45) is 0 Å². The molecule has 0 bridgehead atoms. The molecule has 0 unspecified atom stereocenters. The zero-order valence-electron chi connectivity index (χ0n) is 15.9. The number of carbonyl (C=O) groups is 2. The average Bonchev–Trinajstić information content (AvgIpc) is 2.64. The number of methoxy groups -OCH3 is 3. The van der Waals surface area contributed by atoms with Crippen LogP contribution in [-0.2, 0) is 19.1 Å². The lowest BCUT2D eigenvalue weighted by Gasteiger charge is -2.13. The Hall–Kier alpha value is -2.54. The average molecular weight is 366 g/mol. The lowest BCUT2D eigenvalue weighted by Crippen LogP contribution is -2.16. The number of benzene rings is 1. The Morgan fingerprint density at radius 3 is 2.04 bits per heavy atom. The van der Waals surface area contributed by atoms with E-state index in [1.807, 2.05) is 6.92 Å². The second kappa shape index (κ2) is 11.1. The van der Waals surface area contributed by atoms with E-state index < -0.39 is 11.8 Å². The van der Waals surface area contributed by atoms with Crippen LogP contribution in [0.25, 0.3) is 6.08 Å². The standard InChI is InChI=1S/C19H26O7/c1-6-7-25-8-9-26-19(21)15(13(2)20)10-14-11-16(22-3)18(24-5)17(12-14)23-4/h10-12H,6-9H2,1-5H3. The Bertz CT molecular complexity index is 624. The summed E-state index contributed by atoms with van der Waals surface area (Å²) in [5, 5.41) is 0. The van der Waals surface area contributed by atoms with E-state index in [2.05, 4.69) is 0 Å². The summed E-state index contributed by atoms with van der Waals surface area (Å²) in [6.45, 7) is 4.25. The number of carbonyl (C=O) groups excluding carboxylic acids is 2. The van der Waals surface area contributed by atoms with Gasteiger partial charge in [-0.05, 0) is 37.1 Å². The monoisotopic (exact) mass is 366 g/mol. The van der Waals surface area contributed by atoms with Crippen LogP contribution in [0.1, 0.15) is 25.8 Å². The fourth-order valence-corrected chi connectivity index (χ4v) is 2.17. The molecule has 0 heterocycles. The molecule has 0 aliphatic rings. The molecule has 0 amide bonds. The van der Waals surface area contributed by atoms with Crippen LogP contribution in [0.5, 0.6) is 17.2 Å². The van der Waals surface area contributed by atoms with Crippen molar-refractivity contribution in [1.29, 1.82) is 0 Å². The molecule has 0 fully saturated rings. The molecule has 7 heteroatoms. The Labute approximate surface area is 153 Å². The number of rotatable bonds is 11. The second-order valence-electron chi connectivity index (χ2n) is 5.32. The minimum absolute atomic E-state index is 0.0743. The normalized spacial score (nSPS) is 11.0. The minimum atomic E-state index is -0.702. The second-order valence-corrected chi connectivity index (χ2v) is 5.32. The summed E-state index contributed by atoms with van der Waals surface area (Å²) in [5.41, 5.74) is 0.471. The molecule has 1 rings (SSSR count). The molecule has 144 valence electrons. The predicted octanol–water partition coefficient (Wildman–Crippen LogP) is 2.65. The van der Waals surface area contributed by atoms with Gasteiger partial charge < -0.3 is 23.7 Å². The summed E-state index contributed by atoms with van der Waals surface area (Å²) < 4.78 is 26.2. The Morgan fingerprint density at radius 1 is 0.962 bits per heavy atom. The van der Waals surface area contributed by atoms with Crippen molar-refractivity contribution < 1.29 is 33.3 Å². The van der Waals surface area contributed by atoms with Gasteiger partial charge in [-0.3, -0.25) is 4.79 Å². The van der Waals surface area contributed by atoms with Gasteiger partial charge in [0.15, 0.2) is 17.3 Å². The molecule has 0 saturated heterocycles. The Kier molecular flexibility index (Phi) is 9.22. The number of Topliss-reactive ketones (excluding diaryl/α,β-unsaturated/α-hetero) is 1. The molecule has 0 aliphatic heterocycles. The van der Waals surface area contributed by atoms with Crippen molar-refractivity contribution in [2.45, 2.75) is 20.3 Å². The van der Waals surface area contributed by atoms with Gasteiger partial charge in [0.1, 0.15) is 12.2 Å². The number of ketones is 1. The topological polar surface area (TPSA) is 80.3 Å². The lowest BCUT2D eigenvalue weighted by molar-refractivity contribution is -0.141. The zero-order chi connectivity index (χ0) is 19.5. The van der Waals surface area contributed by atoms with Crippen LogP contribution in [0.2, 0.25) is 0 Å². The number of esters is 1. The SMILES string of the molecule is CCCOCCOC(=O)C(=Cc1cc(OC)c(OC)c(OC)c1)C(C)=O. The van der Waals surface area contributed by atoms with E-state index in [-0.39, 0.29) is 18.8 Å². The van der Waals surface area contributed by atoms with Crippen molar-refractivity contribution in [3.63, 3.8) is 0 Å². The van der Waals surface area contributed by atoms with Gasteiger partial charge in [-0.1, -0.05) is 6.92 Å². The largest absolute Gasteiger partial charge is 0.493 e. The molecule has 0 N–H and O–H groups in total. The summed E-state index contributed by atoms with van der Waals surface area (Å²) in [6, 6.07) is 3.28. The van der Waals surface area contributed by atoms with E-state index in [4.69, 9.17) is 23.7 Å². The van der Waals surface area contributed by atoms with Crippen LogP contribution in [0.15, 0.2) is 17.7 Å². The first-order chi connectivity index (χ1) is 12.5. The van der Waals surface area contributed by atoms with Crippen molar-refractivity contribution >= 4 is 17.8 Å². The third-order valence-electron chi connectivity index (χ3n) is 3.41. The predicted molar refractivity (Wildman–Crippen MR) is 96.8 cm³/mol. The quantitative estimate of drug-likeness (QED) is 0.196. The van der Waals surface area contributed by atoms with Gasteiger partial charge >= 0.3 is 5.97 Å². The van der Waals surface area contributed by atoms with Crippen LogP contribution in [-0.4, -0.2) is 52.9 Å². The molecule has 7 nitrogen and oxygen atoms in total.